The number of aliphatic hydroxyl groups excluding tert-OH is 1. The van der Waals surface area contributed by atoms with Gasteiger partial charge in [0.1, 0.15) is 0 Å². The normalized spacial score (nSPS) is 14.2. The molecule has 0 radical (unpaired) electrons. The Bertz CT molecular complexity index is 141. The predicted octanol–water partition coefficient (Wildman–Crippen LogP) is 3.52. The minimum Gasteiger partial charge on any atom is -0.393 e. The van der Waals surface area contributed by atoms with Crippen molar-refractivity contribution in [3.63, 3.8) is 0 Å². The molecule has 0 spiro atoms. The second kappa shape index (κ2) is 8.12. The molecule has 0 aromatic heterocycles. The van der Waals surface area contributed by atoms with Crippen LogP contribution in [0.2, 0.25) is 0 Å². The van der Waals surface area contributed by atoms with Gasteiger partial charge in [-0.2, -0.15) is 0 Å². The Morgan fingerprint density at radius 2 is 1.73 bits per heavy atom. The lowest BCUT2D eigenvalue weighted by Gasteiger charge is -2.26. The summed E-state index contributed by atoms with van der Waals surface area (Å²) in [4.78, 5) is 0. The van der Waals surface area contributed by atoms with Gasteiger partial charge in [0, 0.05) is 13.0 Å². The van der Waals surface area contributed by atoms with Gasteiger partial charge >= 0.3 is 0 Å². The highest BCUT2D eigenvalue weighted by Crippen LogP contribution is 2.17. The van der Waals surface area contributed by atoms with E-state index in [1.54, 1.807) is 0 Å². The van der Waals surface area contributed by atoms with Crippen LogP contribution in [-0.2, 0) is 4.74 Å². The number of hydrogen-bond donors (Lipinski definition) is 1. The Morgan fingerprint density at radius 1 is 1.13 bits per heavy atom. The SMILES string of the molecule is CCCCCCCOC(C)(C)CC(C)O. The lowest BCUT2D eigenvalue weighted by atomic mass is 10.0. The van der Waals surface area contributed by atoms with Crippen LogP contribution in [0.3, 0.4) is 0 Å². The molecule has 1 unspecified atom stereocenters. The van der Waals surface area contributed by atoms with Gasteiger partial charge in [0.2, 0.25) is 0 Å². The average Bonchev–Trinajstić information content (AvgIpc) is 2.08. The lowest BCUT2D eigenvalue weighted by Crippen LogP contribution is -2.29. The maximum Gasteiger partial charge on any atom is 0.0651 e. The topological polar surface area (TPSA) is 29.5 Å². The van der Waals surface area contributed by atoms with Crippen molar-refractivity contribution < 1.29 is 9.84 Å². The highest BCUT2D eigenvalue weighted by molar-refractivity contribution is 4.71. The third kappa shape index (κ3) is 10.2. The van der Waals surface area contributed by atoms with E-state index in [9.17, 15) is 5.11 Å². The number of hydrogen-bond acceptors (Lipinski definition) is 2. The predicted molar refractivity (Wildman–Crippen MR) is 65.1 cm³/mol. The molecule has 0 aliphatic heterocycles. The van der Waals surface area contributed by atoms with Gasteiger partial charge in [-0.05, 0) is 27.2 Å². The van der Waals surface area contributed by atoms with Gasteiger partial charge in [-0.15, -0.1) is 0 Å². The van der Waals surface area contributed by atoms with E-state index in [1.807, 2.05) is 20.8 Å². The summed E-state index contributed by atoms with van der Waals surface area (Å²) in [6.07, 6.45) is 6.77. The maximum atomic E-state index is 9.28. The summed E-state index contributed by atoms with van der Waals surface area (Å²) in [5.74, 6) is 0. The van der Waals surface area contributed by atoms with Gasteiger partial charge in [-0.25, -0.2) is 0 Å². The van der Waals surface area contributed by atoms with Crippen molar-refractivity contribution in [1.29, 1.82) is 0 Å². The number of rotatable bonds is 9. The second-order valence-electron chi connectivity index (χ2n) is 5.08. The first-order chi connectivity index (χ1) is 6.98. The second-order valence-corrected chi connectivity index (χ2v) is 5.08. The summed E-state index contributed by atoms with van der Waals surface area (Å²) >= 11 is 0. The molecule has 15 heavy (non-hydrogen) atoms. The molecule has 0 aliphatic rings. The quantitative estimate of drug-likeness (QED) is 0.597. The van der Waals surface area contributed by atoms with E-state index < -0.39 is 0 Å². The fraction of sp³-hybridized carbons (Fsp3) is 1.00. The minimum absolute atomic E-state index is 0.182. The van der Waals surface area contributed by atoms with Gasteiger partial charge in [-0.3, -0.25) is 0 Å². The van der Waals surface area contributed by atoms with Gasteiger partial charge in [0.25, 0.3) is 0 Å². The summed E-state index contributed by atoms with van der Waals surface area (Å²) in [6, 6.07) is 0. The van der Waals surface area contributed by atoms with Crippen molar-refractivity contribution in [2.24, 2.45) is 0 Å². The van der Waals surface area contributed by atoms with E-state index >= 15 is 0 Å². The van der Waals surface area contributed by atoms with Gasteiger partial charge < -0.3 is 9.84 Å². The highest BCUT2D eigenvalue weighted by Gasteiger charge is 2.20. The van der Waals surface area contributed by atoms with Crippen molar-refractivity contribution in [2.45, 2.75) is 77.9 Å². The molecule has 2 nitrogen and oxygen atoms in total. The molecule has 0 fully saturated rings. The smallest absolute Gasteiger partial charge is 0.0651 e. The molecule has 1 N–H and O–H groups in total. The first-order valence-electron chi connectivity index (χ1n) is 6.30. The minimum atomic E-state index is -0.278. The van der Waals surface area contributed by atoms with E-state index in [0.29, 0.717) is 6.42 Å². The number of unbranched alkanes of at least 4 members (excludes halogenated alkanes) is 4. The third-order valence-electron chi connectivity index (χ3n) is 2.53. The lowest BCUT2D eigenvalue weighted by molar-refractivity contribution is -0.0473. The fourth-order valence-electron chi connectivity index (χ4n) is 1.82. The van der Waals surface area contributed by atoms with Crippen LogP contribution in [0.1, 0.15) is 66.2 Å². The number of ether oxygens (including phenoxy) is 1. The molecular weight excluding hydrogens is 188 g/mol. The Labute approximate surface area is 95.0 Å². The molecule has 0 saturated heterocycles. The van der Waals surface area contributed by atoms with Crippen molar-refractivity contribution in [1.82, 2.24) is 0 Å². The maximum absolute atomic E-state index is 9.28. The largest absolute Gasteiger partial charge is 0.393 e. The third-order valence-corrected chi connectivity index (χ3v) is 2.53. The molecule has 0 heterocycles. The van der Waals surface area contributed by atoms with Crippen molar-refractivity contribution >= 4 is 0 Å². The molecule has 0 aliphatic carbocycles. The zero-order valence-corrected chi connectivity index (χ0v) is 10.9. The fourth-order valence-corrected chi connectivity index (χ4v) is 1.82. The van der Waals surface area contributed by atoms with Crippen molar-refractivity contribution in [2.75, 3.05) is 6.61 Å². The van der Waals surface area contributed by atoms with Crippen LogP contribution in [0.25, 0.3) is 0 Å². The van der Waals surface area contributed by atoms with Gasteiger partial charge in [0.15, 0.2) is 0 Å². The van der Waals surface area contributed by atoms with E-state index in [4.69, 9.17) is 4.74 Å². The summed E-state index contributed by atoms with van der Waals surface area (Å²) in [5, 5.41) is 9.28. The Morgan fingerprint density at radius 3 is 2.27 bits per heavy atom. The molecular formula is C13H28O2. The highest BCUT2D eigenvalue weighted by atomic mass is 16.5. The molecule has 0 amide bonds. The van der Waals surface area contributed by atoms with Crippen LogP contribution in [-0.4, -0.2) is 23.4 Å². The molecule has 0 saturated carbocycles. The molecule has 0 bridgehead atoms. The van der Waals surface area contributed by atoms with Crippen LogP contribution >= 0.6 is 0 Å². The summed E-state index contributed by atoms with van der Waals surface area (Å²) in [6.45, 7) is 8.95. The molecule has 2 heteroatoms. The van der Waals surface area contributed by atoms with E-state index in [2.05, 4.69) is 6.92 Å². The molecule has 0 rings (SSSR count). The average molecular weight is 216 g/mol. The molecule has 92 valence electrons. The van der Waals surface area contributed by atoms with Gasteiger partial charge in [0.05, 0.1) is 11.7 Å². The van der Waals surface area contributed by atoms with Crippen molar-refractivity contribution in [3.8, 4) is 0 Å². The van der Waals surface area contributed by atoms with E-state index in [1.165, 1.54) is 25.7 Å². The summed E-state index contributed by atoms with van der Waals surface area (Å²) in [5.41, 5.74) is -0.182. The number of aliphatic hydroxyl groups is 1. The zero-order valence-electron chi connectivity index (χ0n) is 10.9. The van der Waals surface area contributed by atoms with E-state index in [-0.39, 0.29) is 11.7 Å². The monoisotopic (exact) mass is 216 g/mol. The van der Waals surface area contributed by atoms with Crippen LogP contribution in [0.4, 0.5) is 0 Å². The Kier molecular flexibility index (Phi) is 8.07. The van der Waals surface area contributed by atoms with Crippen LogP contribution in [0.5, 0.6) is 0 Å². The van der Waals surface area contributed by atoms with Gasteiger partial charge in [-0.1, -0.05) is 32.6 Å². The van der Waals surface area contributed by atoms with Crippen LogP contribution in [0, 0.1) is 0 Å². The van der Waals surface area contributed by atoms with Crippen LogP contribution < -0.4 is 0 Å². The molecule has 0 aromatic carbocycles. The Balaban J connectivity index is 3.40. The molecule has 1 atom stereocenters. The van der Waals surface area contributed by atoms with Crippen LogP contribution in [0.15, 0.2) is 0 Å². The summed E-state index contributed by atoms with van der Waals surface area (Å²) < 4.78 is 5.76. The molecule has 0 aromatic rings. The van der Waals surface area contributed by atoms with Crippen molar-refractivity contribution in [3.05, 3.63) is 0 Å². The first kappa shape index (κ1) is 14.9. The first-order valence-corrected chi connectivity index (χ1v) is 6.30. The standard InChI is InChI=1S/C13H28O2/c1-5-6-7-8-9-10-15-13(3,4)11-12(2)14/h12,14H,5-11H2,1-4H3. The summed E-state index contributed by atoms with van der Waals surface area (Å²) in [7, 11) is 0. The Hall–Kier alpha value is -0.0800. The zero-order chi connectivity index (χ0) is 11.7. The van der Waals surface area contributed by atoms with E-state index in [0.717, 1.165) is 13.0 Å².